The molecular weight excluding hydrogens is 348 g/mol. The first kappa shape index (κ1) is 16.9. The van der Waals surface area contributed by atoms with Crippen LogP contribution in [0.4, 0.5) is 5.69 Å². The molecule has 2 aliphatic rings. The summed E-state index contributed by atoms with van der Waals surface area (Å²) in [6.07, 6.45) is 2.79. The van der Waals surface area contributed by atoms with Crippen LogP contribution in [0.1, 0.15) is 12.0 Å². The second-order valence-electron chi connectivity index (χ2n) is 6.72. The van der Waals surface area contributed by atoms with Crippen LogP contribution >= 0.6 is 0 Å². The molecule has 0 N–H and O–H groups in total. The minimum absolute atomic E-state index is 0.163. The van der Waals surface area contributed by atoms with Gasteiger partial charge < -0.3 is 4.90 Å². The number of likely N-dealkylation sites (tertiary alicyclic amines) is 1. The summed E-state index contributed by atoms with van der Waals surface area (Å²) in [5.74, 6) is 0. The molecule has 0 bridgehead atoms. The highest BCUT2D eigenvalue weighted by molar-refractivity contribution is 7.90. The van der Waals surface area contributed by atoms with Crippen molar-refractivity contribution >= 4 is 15.9 Å². The zero-order valence-electron chi connectivity index (χ0n) is 14.5. The van der Waals surface area contributed by atoms with Crippen LogP contribution in [0.15, 0.2) is 48.5 Å². The molecular formula is C19H20N4O2S. The van der Waals surface area contributed by atoms with Gasteiger partial charge >= 0.3 is 10.2 Å². The summed E-state index contributed by atoms with van der Waals surface area (Å²) in [5.41, 5.74) is 3.76. The van der Waals surface area contributed by atoms with Crippen molar-refractivity contribution < 1.29 is 8.42 Å². The van der Waals surface area contributed by atoms with Crippen LogP contribution in [0.2, 0.25) is 0 Å². The maximum Gasteiger partial charge on any atom is 0.304 e. The molecule has 2 aliphatic heterocycles. The highest BCUT2D eigenvalue weighted by atomic mass is 32.2. The molecule has 0 aromatic heterocycles. The van der Waals surface area contributed by atoms with Crippen LogP contribution in [0.5, 0.6) is 0 Å². The Morgan fingerprint density at radius 2 is 1.88 bits per heavy atom. The number of benzene rings is 2. The van der Waals surface area contributed by atoms with E-state index in [2.05, 4.69) is 6.19 Å². The number of hydrogen-bond donors (Lipinski definition) is 0. The van der Waals surface area contributed by atoms with Gasteiger partial charge in [-0.05, 0) is 29.2 Å². The van der Waals surface area contributed by atoms with Gasteiger partial charge in [0, 0.05) is 32.7 Å². The largest absolute Gasteiger partial charge is 0.309 e. The summed E-state index contributed by atoms with van der Waals surface area (Å²) < 4.78 is 29.0. The quantitative estimate of drug-likeness (QED) is 0.764. The van der Waals surface area contributed by atoms with Crippen molar-refractivity contribution in [3.05, 3.63) is 54.1 Å². The number of rotatable bonds is 2. The molecule has 0 spiro atoms. The molecule has 1 saturated heterocycles. The number of nitriles is 1. The highest BCUT2D eigenvalue weighted by Gasteiger charge is 2.41. The van der Waals surface area contributed by atoms with E-state index in [9.17, 15) is 8.42 Å². The summed E-state index contributed by atoms with van der Waals surface area (Å²) >= 11 is 0. The Kier molecular flexibility index (Phi) is 4.10. The average Bonchev–Trinajstić information content (AvgIpc) is 3.14. The smallest absolute Gasteiger partial charge is 0.304 e. The van der Waals surface area contributed by atoms with E-state index in [1.807, 2.05) is 48.5 Å². The minimum atomic E-state index is -3.60. The molecule has 2 aromatic rings. The minimum Gasteiger partial charge on any atom is -0.309 e. The van der Waals surface area contributed by atoms with Crippen LogP contribution in [-0.4, -0.2) is 43.8 Å². The molecule has 4 rings (SSSR count). The van der Waals surface area contributed by atoms with Gasteiger partial charge in [0.25, 0.3) is 0 Å². The molecule has 26 heavy (non-hydrogen) atoms. The first-order valence-corrected chi connectivity index (χ1v) is 9.99. The van der Waals surface area contributed by atoms with E-state index in [1.165, 1.54) is 8.61 Å². The highest BCUT2D eigenvalue weighted by Crippen LogP contribution is 2.36. The Hall–Kier alpha value is -2.56. The predicted molar refractivity (Wildman–Crippen MR) is 100 cm³/mol. The first-order chi connectivity index (χ1) is 12.5. The third-order valence-corrected chi connectivity index (χ3v) is 7.12. The van der Waals surface area contributed by atoms with Crippen LogP contribution < -0.4 is 4.31 Å². The monoisotopic (exact) mass is 368 g/mol. The lowest BCUT2D eigenvalue weighted by atomic mass is 10.0. The van der Waals surface area contributed by atoms with Gasteiger partial charge in [-0.3, -0.25) is 4.31 Å². The zero-order valence-corrected chi connectivity index (χ0v) is 15.4. The fraction of sp³-hybridized carbons (Fsp3) is 0.316. The summed E-state index contributed by atoms with van der Waals surface area (Å²) in [7, 11) is -2.00. The lowest BCUT2D eigenvalue weighted by Gasteiger charge is -2.38. The van der Waals surface area contributed by atoms with Gasteiger partial charge in [0.05, 0.1) is 5.69 Å². The van der Waals surface area contributed by atoms with Crippen molar-refractivity contribution in [3.8, 4) is 17.3 Å². The van der Waals surface area contributed by atoms with Gasteiger partial charge in [-0.25, -0.2) is 0 Å². The van der Waals surface area contributed by atoms with Gasteiger partial charge in [-0.1, -0.05) is 42.5 Å². The van der Waals surface area contributed by atoms with Crippen molar-refractivity contribution in [2.24, 2.45) is 0 Å². The second-order valence-corrected chi connectivity index (χ2v) is 8.63. The molecule has 0 amide bonds. The maximum atomic E-state index is 13.1. The van der Waals surface area contributed by atoms with Crippen LogP contribution in [0.3, 0.4) is 0 Å². The molecule has 2 heterocycles. The maximum absolute atomic E-state index is 13.1. The van der Waals surface area contributed by atoms with E-state index in [0.717, 1.165) is 22.4 Å². The van der Waals surface area contributed by atoms with Crippen molar-refractivity contribution in [2.75, 3.05) is 24.4 Å². The summed E-state index contributed by atoms with van der Waals surface area (Å²) in [6.45, 7) is 1.42. The molecule has 0 unspecified atom stereocenters. The van der Waals surface area contributed by atoms with Gasteiger partial charge in [0.2, 0.25) is 0 Å². The molecule has 0 radical (unpaired) electrons. The third kappa shape index (κ3) is 2.71. The fourth-order valence-electron chi connectivity index (χ4n) is 3.72. The van der Waals surface area contributed by atoms with E-state index < -0.39 is 10.2 Å². The molecule has 7 heteroatoms. The molecule has 0 saturated carbocycles. The standard InChI is InChI=1S/C19H20N4O2S/c1-21-19-11-16(15-5-3-2-4-6-15)7-8-17(19)12-23(26(21,24)25)18-9-10-22(13-18)14-20/h2-8,11,18H,9-10,12-13H2,1H3/t18-/m1/s1. The number of anilines is 1. The van der Waals surface area contributed by atoms with Gasteiger partial charge in [0.1, 0.15) is 0 Å². The molecule has 1 atom stereocenters. The van der Waals surface area contributed by atoms with Crippen molar-refractivity contribution in [2.45, 2.75) is 19.0 Å². The molecule has 0 aliphatic carbocycles. The Morgan fingerprint density at radius 1 is 1.12 bits per heavy atom. The zero-order chi connectivity index (χ0) is 18.3. The van der Waals surface area contributed by atoms with E-state index in [4.69, 9.17) is 5.26 Å². The molecule has 6 nitrogen and oxygen atoms in total. The van der Waals surface area contributed by atoms with Crippen LogP contribution in [-0.2, 0) is 16.8 Å². The lowest BCUT2D eigenvalue weighted by Crippen LogP contribution is -2.50. The second kappa shape index (κ2) is 6.31. The first-order valence-electron chi connectivity index (χ1n) is 8.59. The summed E-state index contributed by atoms with van der Waals surface area (Å²) in [4.78, 5) is 1.62. The van der Waals surface area contributed by atoms with Gasteiger partial charge in [-0.2, -0.15) is 18.0 Å². The summed E-state index contributed by atoms with van der Waals surface area (Å²) in [6, 6.07) is 15.8. The number of fused-ring (bicyclic) bond motifs is 1. The van der Waals surface area contributed by atoms with E-state index in [0.29, 0.717) is 26.1 Å². The van der Waals surface area contributed by atoms with Gasteiger partial charge in [0.15, 0.2) is 6.19 Å². The van der Waals surface area contributed by atoms with E-state index in [-0.39, 0.29) is 6.04 Å². The molecule has 2 aromatic carbocycles. The Labute approximate surface area is 154 Å². The van der Waals surface area contributed by atoms with E-state index >= 15 is 0 Å². The predicted octanol–water partition coefficient (Wildman–Crippen LogP) is 2.41. The van der Waals surface area contributed by atoms with Crippen LogP contribution in [0, 0.1) is 11.5 Å². The van der Waals surface area contributed by atoms with E-state index in [1.54, 1.807) is 11.9 Å². The lowest BCUT2D eigenvalue weighted by molar-refractivity contribution is 0.309. The van der Waals surface area contributed by atoms with Crippen molar-refractivity contribution in [3.63, 3.8) is 0 Å². The van der Waals surface area contributed by atoms with Crippen molar-refractivity contribution in [1.29, 1.82) is 5.26 Å². The third-order valence-electron chi connectivity index (χ3n) is 5.21. The Bertz CT molecular complexity index is 969. The molecule has 134 valence electrons. The van der Waals surface area contributed by atoms with Crippen molar-refractivity contribution in [1.82, 2.24) is 9.21 Å². The topological polar surface area (TPSA) is 67.7 Å². The van der Waals surface area contributed by atoms with Gasteiger partial charge in [-0.15, -0.1) is 0 Å². The fourth-order valence-corrected chi connectivity index (χ4v) is 5.30. The SMILES string of the molecule is CN1c2cc(-c3ccccc3)ccc2CN([C@@H]2CCN(C#N)C2)S1(=O)=O. The Morgan fingerprint density at radius 3 is 2.58 bits per heavy atom. The molecule has 1 fully saturated rings. The average molecular weight is 368 g/mol. The Balaban J connectivity index is 1.70. The number of nitrogens with zero attached hydrogens (tertiary/aromatic N) is 4. The summed E-state index contributed by atoms with van der Waals surface area (Å²) in [5, 5.41) is 9.06. The van der Waals surface area contributed by atoms with Crippen LogP contribution in [0.25, 0.3) is 11.1 Å². The number of hydrogen-bond acceptors (Lipinski definition) is 4. The normalized spacial score (nSPS) is 22.1.